The first kappa shape index (κ1) is 23.8. The lowest BCUT2D eigenvalue weighted by molar-refractivity contribution is 0.266. The predicted octanol–water partition coefficient (Wildman–Crippen LogP) is 3.47. The van der Waals surface area contributed by atoms with Gasteiger partial charge in [-0.3, -0.25) is 9.98 Å². The van der Waals surface area contributed by atoms with Gasteiger partial charge in [0.15, 0.2) is 0 Å². The van der Waals surface area contributed by atoms with Crippen molar-refractivity contribution < 1.29 is 9.47 Å². The van der Waals surface area contributed by atoms with E-state index >= 15 is 0 Å². The van der Waals surface area contributed by atoms with Crippen LogP contribution in [-0.4, -0.2) is 51.1 Å². The fourth-order valence-electron chi connectivity index (χ4n) is 3.23. The molecule has 4 rings (SSSR count). The summed E-state index contributed by atoms with van der Waals surface area (Å²) >= 11 is 0. The maximum absolute atomic E-state index is 5.88. The van der Waals surface area contributed by atoms with Crippen LogP contribution in [0.15, 0.2) is 58.5 Å². The highest BCUT2D eigenvalue weighted by Crippen LogP contribution is 2.16. The molecule has 2 aromatic carbocycles. The zero-order chi connectivity index (χ0) is 19.0. The predicted molar refractivity (Wildman–Crippen MR) is 126 cm³/mol. The molecule has 0 bridgehead atoms. The van der Waals surface area contributed by atoms with Crippen LogP contribution in [0.3, 0.4) is 0 Å². The van der Waals surface area contributed by atoms with Gasteiger partial charge in [0.2, 0.25) is 0 Å². The summed E-state index contributed by atoms with van der Waals surface area (Å²) in [5.41, 5.74) is 2.17. The third-order valence-electron chi connectivity index (χ3n) is 4.64. The molecule has 0 atom stereocenters. The minimum atomic E-state index is 0. The third-order valence-corrected chi connectivity index (χ3v) is 4.64. The molecule has 2 aliphatic heterocycles. The number of unbranched alkanes of at least 4 members (excludes halogenated alkanes) is 1. The van der Waals surface area contributed by atoms with E-state index in [0.717, 1.165) is 73.3 Å². The van der Waals surface area contributed by atoms with Gasteiger partial charge in [0.25, 0.3) is 0 Å². The number of ether oxygens (including phenoxy) is 2. The van der Waals surface area contributed by atoms with Crippen molar-refractivity contribution in [2.24, 2.45) is 9.98 Å². The summed E-state index contributed by atoms with van der Waals surface area (Å²) in [6.45, 7) is 4.85. The number of nitrogens with one attached hydrogen (secondary N) is 2. The van der Waals surface area contributed by atoms with E-state index in [4.69, 9.17) is 9.47 Å². The average molecular weight is 451 g/mol. The number of hydrogen-bond donors (Lipinski definition) is 2. The van der Waals surface area contributed by atoms with Crippen molar-refractivity contribution in [2.45, 2.75) is 12.8 Å². The van der Waals surface area contributed by atoms with Crippen molar-refractivity contribution in [1.29, 1.82) is 0 Å². The summed E-state index contributed by atoms with van der Waals surface area (Å²) in [6.07, 6.45) is 1.88. The molecule has 6 nitrogen and oxygen atoms in total. The van der Waals surface area contributed by atoms with E-state index in [2.05, 4.69) is 32.8 Å². The molecular formula is C22H28Cl2N4O2. The van der Waals surface area contributed by atoms with Gasteiger partial charge >= 0.3 is 0 Å². The molecule has 0 spiro atoms. The molecule has 2 aromatic rings. The first-order chi connectivity index (χ1) is 13.9. The maximum Gasteiger partial charge on any atom is 0.128 e. The van der Waals surface area contributed by atoms with E-state index in [0.29, 0.717) is 13.2 Å². The summed E-state index contributed by atoms with van der Waals surface area (Å²) in [5.74, 6) is 3.68. The van der Waals surface area contributed by atoms with Crippen molar-refractivity contribution in [2.75, 3.05) is 39.4 Å². The number of benzene rings is 2. The average Bonchev–Trinajstić information content (AvgIpc) is 3.45. The van der Waals surface area contributed by atoms with Crippen LogP contribution in [0.25, 0.3) is 0 Å². The van der Waals surface area contributed by atoms with Crippen molar-refractivity contribution in [3.05, 3.63) is 59.7 Å². The second-order valence-corrected chi connectivity index (χ2v) is 6.77. The first-order valence-electron chi connectivity index (χ1n) is 9.92. The SMILES string of the molecule is Cl.Cl.c1cc(OCCCCOc2cccc(C3=NCCN3)c2)cc(C2=NCCN2)c1. The fourth-order valence-corrected chi connectivity index (χ4v) is 3.23. The smallest absolute Gasteiger partial charge is 0.128 e. The Kier molecular flexibility index (Phi) is 9.77. The van der Waals surface area contributed by atoms with Crippen LogP contribution in [0.5, 0.6) is 11.5 Å². The highest BCUT2D eigenvalue weighted by molar-refractivity contribution is 6.00. The Balaban J connectivity index is 0.00000160. The first-order valence-corrected chi connectivity index (χ1v) is 9.92. The number of nitrogens with zero attached hydrogens (tertiary/aromatic N) is 2. The molecule has 0 radical (unpaired) electrons. The molecule has 0 aromatic heterocycles. The van der Waals surface area contributed by atoms with Gasteiger partial charge in [-0.25, -0.2) is 0 Å². The van der Waals surface area contributed by atoms with Gasteiger partial charge in [-0.05, 0) is 37.1 Å². The molecule has 0 amide bonds. The van der Waals surface area contributed by atoms with Gasteiger partial charge < -0.3 is 20.1 Å². The van der Waals surface area contributed by atoms with Crippen LogP contribution in [0.2, 0.25) is 0 Å². The second-order valence-electron chi connectivity index (χ2n) is 6.77. The number of aliphatic imine (C=N–C) groups is 2. The zero-order valence-corrected chi connectivity index (χ0v) is 18.4. The molecule has 8 heteroatoms. The molecule has 0 saturated carbocycles. The Labute approximate surface area is 190 Å². The Morgan fingerprint density at radius 3 is 1.57 bits per heavy atom. The lowest BCUT2D eigenvalue weighted by atomic mass is 10.2. The molecule has 2 N–H and O–H groups in total. The van der Waals surface area contributed by atoms with Crippen LogP contribution in [-0.2, 0) is 0 Å². The molecular weight excluding hydrogens is 423 g/mol. The molecule has 30 heavy (non-hydrogen) atoms. The molecule has 0 fully saturated rings. The van der Waals surface area contributed by atoms with Crippen LogP contribution in [0.4, 0.5) is 0 Å². The summed E-state index contributed by atoms with van der Waals surface area (Å²) in [7, 11) is 0. The van der Waals surface area contributed by atoms with Crippen molar-refractivity contribution in [3.8, 4) is 11.5 Å². The number of hydrogen-bond acceptors (Lipinski definition) is 6. The topological polar surface area (TPSA) is 67.2 Å². The lowest BCUT2D eigenvalue weighted by Gasteiger charge is -2.10. The Morgan fingerprint density at radius 2 is 1.17 bits per heavy atom. The van der Waals surface area contributed by atoms with Gasteiger partial charge in [-0.15, -0.1) is 24.8 Å². The Hall–Kier alpha value is -2.44. The second kappa shape index (κ2) is 12.3. The van der Waals surface area contributed by atoms with E-state index in [-0.39, 0.29) is 24.8 Å². The van der Waals surface area contributed by atoms with Crippen LogP contribution < -0.4 is 20.1 Å². The van der Waals surface area contributed by atoms with E-state index in [1.54, 1.807) is 0 Å². The quantitative estimate of drug-likeness (QED) is 0.573. The fraction of sp³-hybridized carbons (Fsp3) is 0.364. The molecule has 0 unspecified atom stereocenters. The van der Waals surface area contributed by atoms with Gasteiger partial charge in [-0.2, -0.15) is 0 Å². The minimum absolute atomic E-state index is 0. The summed E-state index contributed by atoms with van der Waals surface area (Å²) < 4.78 is 11.8. The van der Waals surface area contributed by atoms with E-state index in [1.807, 2.05) is 36.4 Å². The highest BCUT2D eigenvalue weighted by atomic mass is 35.5. The lowest BCUT2D eigenvalue weighted by Crippen LogP contribution is -2.19. The third kappa shape index (κ3) is 6.54. The van der Waals surface area contributed by atoms with E-state index in [9.17, 15) is 0 Å². The van der Waals surface area contributed by atoms with Crippen LogP contribution in [0.1, 0.15) is 24.0 Å². The number of halogens is 2. The van der Waals surface area contributed by atoms with Crippen molar-refractivity contribution >= 4 is 36.5 Å². The Bertz CT molecular complexity index is 802. The summed E-state index contributed by atoms with van der Waals surface area (Å²) in [4.78, 5) is 8.90. The van der Waals surface area contributed by atoms with Gasteiger partial charge in [0.1, 0.15) is 23.2 Å². The highest BCUT2D eigenvalue weighted by Gasteiger charge is 2.09. The largest absolute Gasteiger partial charge is 0.494 e. The Morgan fingerprint density at radius 1 is 0.700 bits per heavy atom. The van der Waals surface area contributed by atoms with Gasteiger partial charge in [0, 0.05) is 24.2 Å². The van der Waals surface area contributed by atoms with Crippen LogP contribution in [0, 0.1) is 0 Å². The molecule has 0 aliphatic carbocycles. The maximum atomic E-state index is 5.88. The normalized spacial score (nSPS) is 14.4. The zero-order valence-electron chi connectivity index (χ0n) is 16.8. The molecule has 2 heterocycles. The van der Waals surface area contributed by atoms with Crippen molar-refractivity contribution in [3.63, 3.8) is 0 Å². The van der Waals surface area contributed by atoms with E-state index in [1.165, 1.54) is 0 Å². The summed E-state index contributed by atoms with van der Waals surface area (Å²) in [5, 5.41) is 6.58. The van der Waals surface area contributed by atoms with Crippen molar-refractivity contribution in [1.82, 2.24) is 10.6 Å². The van der Waals surface area contributed by atoms with Gasteiger partial charge in [-0.1, -0.05) is 24.3 Å². The standard InChI is InChI=1S/C22H26N4O2.2ClH/c1(13-27-19-7-3-5-17(15-19)21-23-9-10-24-21)2-14-28-20-8-4-6-18(16-20)22-25-11-12-26-22;;/h3-8,15-16H,1-2,9-14H2,(H,23,24)(H,25,26);2*1H. The van der Waals surface area contributed by atoms with Crippen LogP contribution >= 0.6 is 24.8 Å². The number of rotatable bonds is 9. The summed E-state index contributed by atoms with van der Waals surface area (Å²) in [6, 6.07) is 16.2. The minimum Gasteiger partial charge on any atom is -0.494 e. The molecule has 2 aliphatic rings. The van der Waals surface area contributed by atoms with E-state index < -0.39 is 0 Å². The molecule has 0 saturated heterocycles. The van der Waals surface area contributed by atoms with Gasteiger partial charge in [0.05, 0.1) is 26.3 Å². The molecule has 162 valence electrons. The number of amidine groups is 2. The monoisotopic (exact) mass is 450 g/mol.